The van der Waals surface area contributed by atoms with Gasteiger partial charge in [-0.05, 0) is 20.3 Å². The Morgan fingerprint density at radius 1 is 0.848 bits per heavy atom. The van der Waals surface area contributed by atoms with E-state index in [9.17, 15) is 40.5 Å². The van der Waals surface area contributed by atoms with E-state index in [0.717, 1.165) is 25.7 Å². The second-order valence-electron chi connectivity index (χ2n) is 9.20. The highest BCUT2D eigenvalue weighted by atomic mass is 16.7. The third kappa shape index (κ3) is 6.83. The zero-order valence-corrected chi connectivity index (χ0v) is 19.4. The zero-order valence-electron chi connectivity index (χ0n) is 19.4. The standard InChI is InChI=1S/C22H40O11/c1-4-5-6-7-8-9-12(23)13(21(29)30)19-20(17(27)15(25)10(2)31-19)33-22-18(28)16(26)14(24)11(3)32-22/h10-20,22-28H,4-9H2,1-3H3,(H,29,30)/t10-,11-,12?,13?,14-,15-,16+,17+,18+,19-,20+,22-/m0/s1. The lowest BCUT2D eigenvalue weighted by Crippen LogP contribution is -2.65. The molecule has 0 aromatic carbocycles. The van der Waals surface area contributed by atoms with Crippen LogP contribution < -0.4 is 0 Å². The van der Waals surface area contributed by atoms with Crippen molar-refractivity contribution in [1.29, 1.82) is 0 Å². The van der Waals surface area contributed by atoms with Gasteiger partial charge in [-0.25, -0.2) is 0 Å². The lowest BCUT2D eigenvalue weighted by molar-refractivity contribution is -0.339. The van der Waals surface area contributed by atoms with E-state index in [1.165, 1.54) is 13.8 Å². The monoisotopic (exact) mass is 480 g/mol. The number of aliphatic hydroxyl groups excluding tert-OH is 6. The molecule has 11 heteroatoms. The van der Waals surface area contributed by atoms with Crippen molar-refractivity contribution in [1.82, 2.24) is 0 Å². The van der Waals surface area contributed by atoms with Gasteiger partial charge in [0.1, 0.15) is 48.6 Å². The topological polar surface area (TPSA) is 186 Å². The van der Waals surface area contributed by atoms with Crippen LogP contribution in [0.3, 0.4) is 0 Å². The summed E-state index contributed by atoms with van der Waals surface area (Å²) in [5.41, 5.74) is 0. The summed E-state index contributed by atoms with van der Waals surface area (Å²) in [6, 6.07) is 0. The molecular formula is C22H40O11. The molecule has 0 saturated carbocycles. The molecule has 0 aromatic rings. The lowest BCUT2D eigenvalue weighted by Gasteiger charge is -2.47. The molecule has 0 amide bonds. The molecule has 0 spiro atoms. The minimum Gasteiger partial charge on any atom is -0.481 e. The molecule has 11 nitrogen and oxygen atoms in total. The first-order valence-electron chi connectivity index (χ1n) is 11.8. The summed E-state index contributed by atoms with van der Waals surface area (Å²) in [7, 11) is 0. The molecule has 0 bridgehead atoms. The number of aliphatic carboxylic acids is 1. The first-order chi connectivity index (χ1) is 15.5. The van der Waals surface area contributed by atoms with Gasteiger partial charge in [0, 0.05) is 0 Å². The van der Waals surface area contributed by atoms with Crippen molar-refractivity contribution in [3.8, 4) is 0 Å². The number of hydrogen-bond donors (Lipinski definition) is 7. The van der Waals surface area contributed by atoms with Crippen LogP contribution in [0.1, 0.15) is 59.3 Å². The van der Waals surface area contributed by atoms with Crippen LogP contribution in [0.2, 0.25) is 0 Å². The van der Waals surface area contributed by atoms with Gasteiger partial charge in [0.2, 0.25) is 0 Å². The van der Waals surface area contributed by atoms with Gasteiger partial charge >= 0.3 is 5.97 Å². The van der Waals surface area contributed by atoms with Crippen LogP contribution in [-0.4, -0.2) is 109 Å². The van der Waals surface area contributed by atoms with Crippen LogP contribution in [0.5, 0.6) is 0 Å². The Hall–Kier alpha value is -0.890. The maximum absolute atomic E-state index is 12.1. The van der Waals surface area contributed by atoms with Gasteiger partial charge in [0.05, 0.1) is 18.3 Å². The highest BCUT2D eigenvalue weighted by molar-refractivity contribution is 5.71. The van der Waals surface area contributed by atoms with Crippen molar-refractivity contribution in [2.45, 2.75) is 127 Å². The molecule has 194 valence electrons. The summed E-state index contributed by atoms with van der Waals surface area (Å²) < 4.78 is 16.8. The Morgan fingerprint density at radius 2 is 1.42 bits per heavy atom. The third-order valence-electron chi connectivity index (χ3n) is 6.62. The van der Waals surface area contributed by atoms with Crippen LogP contribution in [0.25, 0.3) is 0 Å². The van der Waals surface area contributed by atoms with Crippen LogP contribution in [0.15, 0.2) is 0 Å². The molecule has 0 aromatic heterocycles. The summed E-state index contributed by atoms with van der Waals surface area (Å²) in [5.74, 6) is -2.85. The van der Waals surface area contributed by atoms with Gasteiger partial charge in [-0.15, -0.1) is 0 Å². The van der Waals surface area contributed by atoms with Crippen molar-refractivity contribution < 1.29 is 54.8 Å². The Labute approximate surface area is 193 Å². The SMILES string of the molecule is CCCCCCCC(O)C(C(=O)O)[C@@H]1O[C@@H](C)[C@H](O)[C@@H](O)[C@H]1O[C@@H]1O[C@@H](C)[C@H](O)[C@@H](O)[C@H]1O. The van der Waals surface area contributed by atoms with Gasteiger partial charge in [-0.2, -0.15) is 0 Å². The van der Waals surface area contributed by atoms with Gasteiger partial charge < -0.3 is 50.0 Å². The average Bonchev–Trinajstić information content (AvgIpc) is 2.76. The maximum Gasteiger partial charge on any atom is 0.311 e. The first-order valence-corrected chi connectivity index (χ1v) is 11.8. The minimum atomic E-state index is -1.70. The normalized spacial score (nSPS) is 41.5. The van der Waals surface area contributed by atoms with Gasteiger partial charge in [0.15, 0.2) is 6.29 Å². The zero-order chi connectivity index (χ0) is 24.9. The largest absolute Gasteiger partial charge is 0.481 e. The van der Waals surface area contributed by atoms with E-state index < -0.39 is 79.2 Å². The van der Waals surface area contributed by atoms with E-state index in [1.807, 2.05) is 0 Å². The fourth-order valence-corrected chi connectivity index (χ4v) is 4.46. The van der Waals surface area contributed by atoms with E-state index in [0.29, 0.717) is 6.42 Å². The maximum atomic E-state index is 12.1. The van der Waals surface area contributed by atoms with Crippen LogP contribution >= 0.6 is 0 Å². The summed E-state index contributed by atoms with van der Waals surface area (Å²) in [6.45, 7) is 4.98. The third-order valence-corrected chi connectivity index (χ3v) is 6.62. The molecule has 2 rings (SSSR count). The molecule has 2 unspecified atom stereocenters. The second kappa shape index (κ2) is 12.7. The molecule has 0 aliphatic carbocycles. The minimum absolute atomic E-state index is 0.199. The van der Waals surface area contributed by atoms with Crippen molar-refractivity contribution in [2.24, 2.45) is 5.92 Å². The molecule has 7 N–H and O–H groups in total. The first kappa shape index (κ1) is 28.3. The number of rotatable bonds is 11. The van der Waals surface area contributed by atoms with E-state index in [2.05, 4.69) is 6.92 Å². The summed E-state index contributed by atoms with van der Waals surface area (Å²) in [4.78, 5) is 12.1. The van der Waals surface area contributed by atoms with E-state index in [1.54, 1.807) is 0 Å². The summed E-state index contributed by atoms with van der Waals surface area (Å²) >= 11 is 0. The number of hydrogen-bond acceptors (Lipinski definition) is 10. The Bertz CT molecular complexity index is 605. The molecule has 33 heavy (non-hydrogen) atoms. The van der Waals surface area contributed by atoms with Crippen LogP contribution in [0, 0.1) is 5.92 Å². The lowest BCUT2D eigenvalue weighted by atomic mass is 9.83. The number of unbranched alkanes of at least 4 members (excludes halogenated alkanes) is 4. The fourth-order valence-electron chi connectivity index (χ4n) is 4.46. The number of aliphatic hydroxyl groups is 6. The number of ether oxygens (including phenoxy) is 3. The van der Waals surface area contributed by atoms with E-state index in [-0.39, 0.29) is 6.42 Å². The molecule has 2 saturated heterocycles. The van der Waals surface area contributed by atoms with Crippen molar-refractivity contribution >= 4 is 5.97 Å². The Balaban J connectivity index is 2.21. The summed E-state index contributed by atoms with van der Waals surface area (Å²) in [6.07, 6.45) is -10.6. The highest BCUT2D eigenvalue weighted by Gasteiger charge is 2.53. The predicted molar refractivity (Wildman–Crippen MR) is 114 cm³/mol. The number of carbonyl (C=O) groups is 1. The molecule has 2 heterocycles. The Kier molecular flexibility index (Phi) is 10.9. The van der Waals surface area contributed by atoms with Crippen LogP contribution in [-0.2, 0) is 19.0 Å². The van der Waals surface area contributed by atoms with Crippen LogP contribution in [0.4, 0.5) is 0 Å². The van der Waals surface area contributed by atoms with Gasteiger partial charge in [0.25, 0.3) is 0 Å². The van der Waals surface area contributed by atoms with E-state index in [4.69, 9.17) is 14.2 Å². The molecule has 2 fully saturated rings. The van der Waals surface area contributed by atoms with Crippen molar-refractivity contribution in [3.63, 3.8) is 0 Å². The average molecular weight is 481 g/mol. The van der Waals surface area contributed by atoms with Crippen molar-refractivity contribution in [2.75, 3.05) is 0 Å². The number of carboxylic acids is 1. The molecule has 2 aliphatic heterocycles. The predicted octanol–water partition coefficient (Wildman–Crippen LogP) is -0.870. The Morgan fingerprint density at radius 3 is 2.03 bits per heavy atom. The van der Waals surface area contributed by atoms with Gasteiger partial charge in [-0.1, -0.05) is 39.0 Å². The molecule has 0 radical (unpaired) electrons. The molecule has 2 aliphatic rings. The second-order valence-corrected chi connectivity index (χ2v) is 9.20. The highest BCUT2D eigenvalue weighted by Crippen LogP contribution is 2.34. The summed E-state index contributed by atoms with van der Waals surface area (Å²) in [5, 5.41) is 71.8. The van der Waals surface area contributed by atoms with Crippen molar-refractivity contribution in [3.05, 3.63) is 0 Å². The molecular weight excluding hydrogens is 440 g/mol. The van der Waals surface area contributed by atoms with E-state index >= 15 is 0 Å². The fraction of sp³-hybridized carbons (Fsp3) is 0.955. The smallest absolute Gasteiger partial charge is 0.311 e. The molecule has 12 atom stereocenters. The number of carboxylic acid groups (broad SMARTS) is 1. The van der Waals surface area contributed by atoms with Gasteiger partial charge in [-0.3, -0.25) is 4.79 Å². The quantitative estimate of drug-likeness (QED) is 0.182.